The minimum atomic E-state index is -0.968. The second-order valence-electron chi connectivity index (χ2n) is 14.5. The lowest BCUT2D eigenvalue weighted by atomic mass is 9.87. The zero-order valence-electron chi connectivity index (χ0n) is 29.2. The van der Waals surface area contributed by atoms with Crippen molar-refractivity contribution in [2.45, 2.75) is 75.2 Å². The summed E-state index contributed by atoms with van der Waals surface area (Å²) in [5.41, 5.74) is 0.793. The monoisotopic (exact) mass is 701 g/mol. The van der Waals surface area contributed by atoms with Crippen molar-refractivity contribution in [2.75, 3.05) is 58.0 Å². The summed E-state index contributed by atoms with van der Waals surface area (Å²) >= 11 is 0. The summed E-state index contributed by atoms with van der Waals surface area (Å²) in [6.07, 6.45) is 10.3. The molecule has 10 nitrogen and oxygen atoms in total. The Bertz CT molecular complexity index is 1860. The van der Waals surface area contributed by atoms with Gasteiger partial charge in [0.25, 0.3) is 0 Å². The van der Waals surface area contributed by atoms with Gasteiger partial charge in [0.1, 0.15) is 24.3 Å². The minimum Gasteiger partial charge on any atom is -0.508 e. The van der Waals surface area contributed by atoms with E-state index in [-0.39, 0.29) is 54.4 Å². The second kappa shape index (κ2) is 14.3. The number of terminal acetylenes is 1. The van der Waals surface area contributed by atoms with Gasteiger partial charge in [0.05, 0.1) is 23.4 Å². The van der Waals surface area contributed by atoms with Crippen molar-refractivity contribution in [3.63, 3.8) is 0 Å². The molecule has 3 aromatic rings. The Labute approximate surface area is 297 Å². The Balaban J connectivity index is 1.23. The highest BCUT2D eigenvalue weighted by Gasteiger charge is 2.46. The largest absolute Gasteiger partial charge is 0.508 e. The molecule has 4 aliphatic heterocycles. The van der Waals surface area contributed by atoms with Gasteiger partial charge in [0.15, 0.2) is 11.6 Å². The normalized spacial score (nSPS) is 25.3. The number of halogens is 2. The predicted molar refractivity (Wildman–Crippen MR) is 190 cm³/mol. The van der Waals surface area contributed by atoms with Crippen molar-refractivity contribution in [3.8, 4) is 29.9 Å². The maximum atomic E-state index is 15.0. The molecule has 0 aliphatic carbocycles. The molecular formula is C39H45F2N5O5. The van der Waals surface area contributed by atoms with Gasteiger partial charge < -0.3 is 29.1 Å². The Morgan fingerprint density at radius 3 is 2.84 bits per heavy atom. The highest BCUT2D eigenvalue weighted by atomic mass is 19.1. The fourth-order valence-corrected chi connectivity index (χ4v) is 8.54. The maximum absolute atomic E-state index is 15.0. The molecule has 4 atom stereocenters. The highest BCUT2D eigenvalue weighted by molar-refractivity contribution is 5.93. The number of anilines is 1. The number of likely N-dealkylation sites (N-methyl/N-ethyl adjacent to an activating group) is 1. The fourth-order valence-electron chi connectivity index (χ4n) is 8.54. The number of hydrogen-bond acceptors (Lipinski definition) is 9. The number of rotatable bonds is 9. The molecule has 5 heterocycles. The number of hydrogen-bond donors (Lipinski definition) is 1. The number of alkyl halides is 1. The zero-order valence-corrected chi connectivity index (χ0v) is 29.2. The number of ether oxygens (including phenoxy) is 3. The number of aromatic hydroxyl groups is 1. The summed E-state index contributed by atoms with van der Waals surface area (Å²) in [7, 11) is 1.90. The van der Waals surface area contributed by atoms with Crippen LogP contribution in [0.1, 0.15) is 61.8 Å². The van der Waals surface area contributed by atoms with Gasteiger partial charge in [-0.1, -0.05) is 18.6 Å². The number of phenolic OH excluding ortho intramolecular Hbond substituents is 1. The lowest BCUT2D eigenvalue weighted by Gasteiger charge is -2.41. The summed E-state index contributed by atoms with van der Waals surface area (Å²) < 4.78 is 48.4. The van der Waals surface area contributed by atoms with Gasteiger partial charge in [0.2, 0.25) is 5.91 Å². The third-order valence-corrected chi connectivity index (χ3v) is 11.0. The fraction of sp³-hybridized carbons (Fsp3) is 0.513. The van der Waals surface area contributed by atoms with Crippen LogP contribution in [0.3, 0.4) is 0 Å². The van der Waals surface area contributed by atoms with Gasteiger partial charge in [-0.3, -0.25) is 9.69 Å². The topological polar surface area (TPSA) is 100 Å². The summed E-state index contributed by atoms with van der Waals surface area (Å²) in [5.74, 6) is 2.58. The first-order valence-corrected chi connectivity index (χ1v) is 17.8. The molecule has 0 saturated carbocycles. The Kier molecular flexibility index (Phi) is 9.78. The first-order valence-electron chi connectivity index (χ1n) is 17.8. The van der Waals surface area contributed by atoms with Crippen LogP contribution in [-0.2, 0) is 16.0 Å². The molecule has 270 valence electrons. The third kappa shape index (κ3) is 6.81. The van der Waals surface area contributed by atoms with E-state index in [1.165, 1.54) is 12.1 Å². The Hall–Kier alpha value is -4.47. The molecule has 3 fully saturated rings. The zero-order chi connectivity index (χ0) is 35.9. The number of phenols is 1. The molecule has 1 amide bonds. The first-order chi connectivity index (χ1) is 24.6. The number of carbonyl (C=O) groups excluding carboxylic acids is 1. The number of carbonyl (C=O) groups is 1. The number of aromatic nitrogens is 2. The number of benzene rings is 2. The van der Waals surface area contributed by atoms with E-state index in [1.54, 1.807) is 18.2 Å². The van der Waals surface area contributed by atoms with Gasteiger partial charge >= 0.3 is 6.01 Å². The lowest BCUT2D eigenvalue weighted by molar-refractivity contribution is -0.126. The molecule has 0 bridgehead atoms. The molecule has 1 aromatic heterocycles. The molecule has 3 saturated heterocycles. The maximum Gasteiger partial charge on any atom is 0.318 e. The van der Waals surface area contributed by atoms with Crippen LogP contribution in [0.5, 0.6) is 17.5 Å². The van der Waals surface area contributed by atoms with Crippen LogP contribution in [0.15, 0.2) is 36.9 Å². The van der Waals surface area contributed by atoms with E-state index in [2.05, 4.69) is 17.4 Å². The van der Waals surface area contributed by atoms with Gasteiger partial charge in [-0.2, -0.15) is 9.97 Å². The van der Waals surface area contributed by atoms with Crippen LogP contribution >= 0.6 is 0 Å². The van der Waals surface area contributed by atoms with Crippen LogP contribution < -0.4 is 14.4 Å². The third-order valence-electron chi connectivity index (χ3n) is 11.0. The summed E-state index contributed by atoms with van der Waals surface area (Å²) in [5, 5.41) is 11.8. The summed E-state index contributed by atoms with van der Waals surface area (Å²) in [6, 6.07) is 6.38. The van der Waals surface area contributed by atoms with Crippen LogP contribution in [0, 0.1) is 18.2 Å². The predicted octanol–water partition coefficient (Wildman–Crippen LogP) is 5.15. The van der Waals surface area contributed by atoms with Crippen LogP contribution in [-0.4, -0.2) is 108 Å². The van der Waals surface area contributed by atoms with E-state index < -0.39 is 17.5 Å². The molecule has 0 spiro atoms. The van der Waals surface area contributed by atoms with E-state index in [0.29, 0.717) is 79.3 Å². The van der Waals surface area contributed by atoms with E-state index in [0.717, 1.165) is 25.7 Å². The van der Waals surface area contributed by atoms with Crippen LogP contribution in [0.2, 0.25) is 0 Å². The molecule has 1 N–H and O–H groups in total. The van der Waals surface area contributed by atoms with E-state index >= 15 is 4.39 Å². The van der Waals surface area contributed by atoms with Gasteiger partial charge in [-0.25, -0.2) is 8.78 Å². The molecule has 12 heteroatoms. The lowest BCUT2D eigenvalue weighted by Crippen LogP contribution is -2.52. The summed E-state index contributed by atoms with van der Waals surface area (Å²) in [6.45, 7) is 8.91. The van der Waals surface area contributed by atoms with Crippen molar-refractivity contribution in [3.05, 3.63) is 59.6 Å². The molecule has 4 aliphatic rings. The SMILES string of the molecule is C#Cc1c(F)ccc2cc(O)cc([C@@H]3COc4c(nc(OC[C@]5(C)C[C@@H](F)CN5C5CCOCC5)nc4N(C)C[C@@H]4CCCN4C(=O)C=C)C3)c12. The molecule has 51 heavy (non-hydrogen) atoms. The molecule has 7 rings (SSSR count). The second-order valence-corrected chi connectivity index (χ2v) is 14.5. The molecule has 0 radical (unpaired) electrons. The number of fused-ring (bicyclic) bond motifs is 2. The van der Waals surface area contributed by atoms with Crippen molar-refractivity contribution in [1.29, 1.82) is 0 Å². The van der Waals surface area contributed by atoms with E-state index in [4.69, 9.17) is 30.6 Å². The average molecular weight is 702 g/mol. The van der Waals surface area contributed by atoms with Crippen LogP contribution in [0.25, 0.3) is 10.8 Å². The first kappa shape index (κ1) is 35.0. The number of amides is 1. The highest BCUT2D eigenvalue weighted by Crippen LogP contribution is 2.43. The van der Waals surface area contributed by atoms with Crippen LogP contribution in [0.4, 0.5) is 14.6 Å². The van der Waals surface area contributed by atoms with Crippen molar-refractivity contribution in [1.82, 2.24) is 19.8 Å². The van der Waals surface area contributed by atoms with E-state index in [9.17, 15) is 14.3 Å². The molecule has 2 aromatic carbocycles. The number of nitrogens with zero attached hydrogens (tertiary/aromatic N) is 5. The standard InChI is InChI=1S/C39H45F2N5O5/c1-5-30-32(41)10-9-24-16-29(47)18-31(35(24)30)25-17-33-36(50-22-25)37(44(4)21-28-8-7-13-45(28)34(48)6-2)43-38(42-33)51-23-39(3)19-26(40)20-46(39)27-11-14-49-15-12-27/h1,6,9-10,16,18,25-28,47H,2,7-8,11-15,17,19-23H2,3-4H3/t25-,26+,28-,39-/m0/s1. The molecular weight excluding hydrogens is 656 g/mol. The van der Waals surface area contributed by atoms with Gasteiger partial charge in [-0.05, 0) is 67.8 Å². The minimum absolute atomic E-state index is 0.0326. The van der Waals surface area contributed by atoms with Gasteiger partial charge in [0, 0.05) is 76.1 Å². The Morgan fingerprint density at radius 1 is 1.27 bits per heavy atom. The summed E-state index contributed by atoms with van der Waals surface area (Å²) in [4.78, 5) is 28.4. The average Bonchev–Trinajstić information content (AvgIpc) is 3.72. The van der Waals surface area contributed by atoms with Crippen molar-refractivity contribution in [2.24, 2.45) is 0 Å². The smallest absolute Gasteiger partial charge is 0.318 e. The van der Waals surface area contributed by atoms with E-state index in [1.807, 2.05) is 23.8 Å². The molecule has 0 unspecified atom stereocenters. The number of likely N-dealkylation sites (tertiary alicyclic amines) is 2. The quantitative estimate of drug-likeness (QED) is 0.240. The van der Waals surface area contributed by atoms with Gasteiger partial charge in [-0.15, -0.1) is 6.42 Å². The van der Waals surface area contributed by atoms with Crippen molar-refractivity contribution >= 4 is 22.5 Å². The Morgan fingerprint density at radius 2 is 2.08 bits per heavy atom. The van der Waals surface area contributed by atoms with Crippen molar-refractivity contribution < 1.29 is 32.9 Å².